The Morgan fingerprint density at radius 3 is 2.76 bits per heavy atom. The van der Waals surface area contributed by atoms with Crippen LogP contribution in [0.4, 0.5) is 4.39 Å². The van der Waals surface area contributed by atoms with Crippen LogP contribution in [-0.4, -0.2) is 22.8 Å². The molecular weight excluding hydrogens is 251 g/mol. The molecule has 0 heterocycles. The number of ether oxygens (including phenoxy) is 1. The maximum absolute atomic E-state index is 13.4. The lowest BCUT2D eigenvalue weighted by atomic mass is 10.0. The van der Waals surface area contributed by atoms with E-state index in [1.165, 1.54) is 6.92 Å². The summed E-state index contributed by atoms with van der Waals surface area (Å²) >= 11 is 5.56. The second-order valence-corrected chi connectivity index (χ2v) is 3.79. The van der Waals surface area contributed by atoms with E-state index in [2.05, 4.69) is 4.74 Å². The van der Waals surface area contributed by atoms with Crippen LogP contribution in [0.5, 0.6) is 5.75 Å². The summed E-state index contributed by atoms with van der Waals surface area (Å²) < 4.78 is 18.0. The predicted octanol–water partition coefficient (Wildman–Crippen LogP) is 2.09. The number of halogens is 2. The van der Waals surface area contributed by atoms with E-state index in [0.717, 1.165) is 6.07 Å². The van der Waals surface area contributed by atoms with Crippen LogP contribution in [0.3, 0.4) is 0 Å². The van der Waals surface area contributed by atoms with Gasteiger partial charge in [-0.05, 0) is 25.5 Å². The Bertz CT molecular complexity index is 421. The summed E-state index contributed by atoms with van der Waals surface area (Å²) in [5, 5.41) is 19.0. The zero-order valence-electron chi connectivity index (χ0n) is 9.33. The van der Waals surface area contributed by atoms with Crippen molar-refractivity contribution in [2.24, 2.45) is 0 Å². The number of aliphatic hydroxyl groups is 1. The minimum absolute atomic E-state index is 0.0487. The quantitative estimate of drug-likeness (QED) is 0.819. The average Bonchev–Trinajstić information content (AvgIpc) is 2.27. The summed E-state index contributed by atoms with van der Waals surface area (Å²) in [4.78, 5) is 11.3. The average molecular weight is 263 g/mol. The molecule has 0 bridgehead atoms. The van der Waals surface area contributed by atoms with Crippen molar-refractivity contribution in [3.05, 3.63) is 28.0 Å². The number of hydrogen-bond acceptors (Lipinski definition) is 4. The third-order valence-corrected chi connectivity index (χ3v) is 2.57. The van der Waals surface area contributed by atoms with Crippen molar-refractivity contribution in [1.82, 2.24) is 0 Å². The molecule has 2 N–H and O–H groups in total. The number of carbonyl (C=O) groups excluding carboxylic acids is 1. The molecule has 6 heteroatoms. The molecule has 0 amide bonds. The van der Waals surface area contributed by atoms with Crippen LogP contribution < -0.4 is 0 Å². The molecule has 0 fully saturated rings. The van der Waals surface area contributed by atoms with Crippen LogP contribution in [0.2, 0.25) is 5.02 Å². The minimum Gasteiger partial charge on any atom is -0.506 e. The fraction of sp³-hybridized carbons (Fsp3) is 0.364. The molecule has 0 aromatic heterocycles. The van der Waals surface area contributed by atoms with E-state index in [9.17, 15) is 19.4 Å². The van der Waals surface area contributed by atoms with E-state index in [4.69, 9.17) is 11.6 Å². The Morgan fingerprint density at radius 1 is 1.65 bits per heavy atom. The van der Waals surface area contributed by atoms with Crippen LogP contribution in [0.15, 0.2) is 6.07 Å². The van der Waals surface area contributed by atoms with E-state index in [1.807, 2.05) is 0 Å². The van der Waals surface area contributed by atoms with Crippen molar-refractivity contribution >= 4 is 17.6 Å². The number of rotatable bonds is 3. The van der Waals surface area contributed by atoms with Gasteiger partial charge < -0.3 is 14.9 Å². The van der Waals surface area contributed by atoms with Gasteiger partial charge in [0, 0.05) is 5.56 Å². The highest BCUT2D eigenvalue weighted by Crippen LogP contribution is 2.36. The van der Waals surface area contributed by atoms with Gasteiger partial charge in [0.05, 0.1) is 11.6 Å². The normalized spacial score (nSPS) is 12.3. The maximum atomic E-state index is 13.4. The van der Waals surface area contributed by atoms with E-state index in [-0.39, 0.29) is 22.8 Å². The van der Waals surface area contributed by atoms with Crippen LogP contribution in [-0.2, 0) is 9.53 Å². The highest BCUT2D eigenvalue weighted by Gasteiger charge is 2.27. The monoisotopic (exact) mass is 262 g/mol. The van der Waals surface area contributed by atoms with Crippen molar-refractivity contribution in [2.75, 3.05) is 6.61 Å². The van der Waals surface area contributed by atoms with Gasteiger partial charge in [0.15, 0.2) is 6.10 Å². The van der Waals surface area contributed by atoms with Gasteiger partial charge in [-0.15, -0.1) is 0 Å². The molecule has 17 heavy (non-hydrogen) atoms. The Balaban J connectivity index is 3.25. The molecular formula is C11H12ClFO4. The van der Waals surface area contributed by atoms with Crippen LogP contribution >= 0.6 is 11.6 Å². The molecule has 1 rings (SSSR count). The highest BCUT2D eigenvalue weighted by molar-refractivity contribution is 6.32. The fourth-order valence-electron chi connectivity index (χ4n) is 1.40. The minimum atomic E-state index is -1.76. The van der Waals surface area contributed by atoms with E-state index < -0.39 is 23.6 Å². The third-order valence-electron chi connectivity index (χ3n) is 2.28. The molecule has 0 saturated carbocycles. The zero-order chi connectivity index (χ0) is 13.2. The van der Waals surface area contributed by atoms with Crippen molar-refractivity contribution in [3.8, 4) is 5.75 Å². The van der Waals surface area contributed by atoms with Crippen LogP contribution in [0.25, 0.3) is 0 Å². The lowest BCUT2D eigenvalue weighted by molar-refractivity contribution is -0.153. The Kier molecular flexibility index (Phi) is 4.31. The first kappa shape index (κ1) is 13.7. The first-order chi connectivity index (χ1) is 7.90. The number of aliphatic hydroxyl groups excluding tert-OH is 1. The molecule has 0 saturated heterocycles. The Morgan fingerprint density at radius 2 is 2.24 bits per heavy atom. The standard InChI is InChI=1S/C11H12ClFO4/c1-3-17-11(16)10(15)8-5(2)7(13)4-6(12)9(8)14/h4,10,14-15H,3H2,1-2H3. The van der Waals surface area contributed by atoms with E-state index in [0.29, 0.717) is 0 Å². The van der Waals surface area contributed by atoms with Crippen molar-refractivity contribution < 1.29 is 24.1 Å². The molecule has 0 radical (unpaired) electrons. The molecule has 0 aliphatic rings. The van der Waals surface area contributed by atoms with Gasteiger partial charge in [-0.3, -0.25) is 0 Å². The van der Waals surface area contributed by atoms with E-state index in [1.54, 1.807) is 6.92 Å². The van der Waals surface area contributed by atoms with Crippen molar-refractivity contribution in [2.45, 2.75) is 20.0 Å². The summed E-state index contributed by atoms with van der Waals surface area (Å²) in [6, 6.07) is 0.910. The summed E-state index contributed by atoms with van der Waals surface area (Å²) in [5.74, 6) is -2.20. The molecule has 0 aliphatic heterocycles. The van der Waals surface area contributed by atoms with Crippen molar-refractivity contribution in [1.29, 1.82) is 0 Å². The highest BCUT2D eigenvalue weighted by atomic mass is 35.5. The Hall–Kier alpha value is -1.33. The lowest BCUT2D eigenvalue weighted by Crippen LogP contribution is -2.17. The third kappa shape index (κ3) is 2.68. The van der Waals surface area contributed by atoms with Gasteiger partial charge >= 0.3 is 5.97 Å². The topological polar surface area (TPSA) is 66.8 Å². The summed E-state index contributed by atoms with van der Waals surface area (Å²) in [6.45, 7) is 2.96. The number of hydrogen-bond donors (Lipinski definition) is 2. The zero-order valence-corrected chi connectivity index (χ0v) is 10.1. The number of phenolic OH excluding ortho intramolecular Hbond substituents is 1. The first-order valence-corrected chi connectivity index (χ1v) is 5.30. The molecule has 1 atom stereocenters. The first-order valence-electron chi connectivity index (χ1n) is 4.92. The maximum Gasteiger partial charge on any atom is 0.339 e. The Labute approximate surface area is 103 Å². The SMILES string of the molecule is CCOC(=O)C(O)c1c(C)c(F)cc(Cl)c1O. The largest absolute Gasteiger partial charge is 0.506 e. The number of esters is 1. The molecule has 0 spiro atoms. The summed E-state index contributed by atoms with van der Waals surface area (Å²) in [5.41, 5.74) is -0.319. The van der Waals surface area contributed by atoms with Crippen LogP contribution in [0.1, 0.15) is 24.2 Å². The molecule has 1 aromatic carbocycles. The smallest absolute Gasteiger partial charge is 0.339 e. The number of carbonyl (C=O) groups is 1. The predicted molar refractivity (Wildman–Crippen MR) is 59.4 cm³/mol. The summed E-state index contributed by atoms with van der Waals surface area (Å²) in [7, 11) is 0. The van der Waals surface area contributed by atoms with Gasteiger partial charge in [-0.25, -0.2) is 9.18 Å². The number of benzene rings is 1. The van der Waals surface area contributed by atoms with Gasteiger partial charge in [-0.1, -0.05) is 11.6 Å². The number of phenols is 1. The van der Waals surface area contributed by atoms with E-state index >= 15 is 0 Å². The van der Waals surface area contributed by atoms with Gasteiger partial charge in [0.1, 0.15) is 11.6 Å². The van der Waals surface area contributed by atoms with Gasteiger partial charge in [-0.2, -0.15) is 0 Å². The molecule has 0 aliphatic carbocycles. The van der Waals surface area contributed by atoms with Gasteiger partial charge in [0.25, 0.3) is 0 Å². The molecule has 4 nitrogen and oxygen atoms in total. The van der Waals surface area contributed by atoms with Crippen LogP contribution in [0, 0.1) is 12.7 Å². The molecule has 94 valence electrons. The molecule has 1 unspecified atom stereocenters. The molecule has 1 aromatic rings. The number of aromatic hydroxyl groups is 1. The van der Waals surface area contributed by atoms with Gasteiger partial charge in [0.2, 0.25) is 0 Å². The second kappa shape index (κ2) is 5.33. The summed E-state index contributed by atoms with van der Waals surface area (Å²) in [6.07, 6.45) is -1.76. The van der Waals surface area contributed by atoms with Crippen molar-refractivity contribution in [3.63, 3.8) is 0 Å². The fourth-order valence-corrected chi connectivity index (χ4v) is 1.59. The lowest BCUT2D eigenvalue weighted by Gasteiger charge is -2.15. The second-order valence-electron chi connectivity index (χ2n) is 3.38.